The average molecular weight is 285 g/mol. The lowest BCUT2D eigenvalue weighted by atomic mass is 9.95. The van der Waals surface area contributed by atoms with Gasteiger partial charge in [-0.15, -0.1) is 0 Å². The number of amides is 1. The number of anilines is 1. The van der Waals surface area contributed by atoms with E-state index in [1.165, 1.54) is 6.07 Å². The number of para-hydroxylation sites is 1. The number of hydrogen-bond acceptors (Lipinski definition) is 2. The molecule has 3 rings (SSSR count). The highest BCUT2D eigenvalue weighted by Crippen LogP contribution is 2.33. The zero-order chi connectivity index (χ0) is 15.0. The molecule has 1 N–H and O–H groups in total. The Hall–Kier alpha value is -2.36. The summed E-state index contributed by atoms with van der Waals surface area (Å²) in [7, 11) is 0. The molecule has 1 aliphatic rings. The summed E-state index contributed by atoms with van der Waals surface area (Å²) in [6.07, 6.45) is 1.76. The molecule has 108 valence electrons. The lowest BCUT2D eigenvalue weighted by Crippen LogP contribution is -2.42. The molecule has 1 aliphatic heterocycles. The van der Waals surface area contributed by atoms with E-state index in [0.717, 1.165) is 36.2 Å². The summed E-state index contributed by atoms with van der Waals surface area (Å²) in [5, 5.41) is 9.86. The minimum Gasteiger partial charge on any atom is -0.507 e. The topological polar surface area (TPSA) is 40.5 Å². The Bertz CT molecular complexity index is 699. The fourth-order valence-electron chi connectivity index (χ4n) is 2.81. The predicted octanol–water partition coefficient (Wildman–Crippen LogP) is 3.51. The van der Waals surface area contributed by atoms with Crippen LogP contribution in [0.2, 0.25) is 0 Å². The van der Waals surface area contributed by atoms with Crippen LogP contribution in [0.25, 0.3) is 0 Å². The van der Waals surface area contributed by atoms with Gasteiger partial charge in [0.1, 0.15) is 11.6 Å². The number of halogens is 1. The smallest absolute Gasteiger partial charge is 0.262 e. The number of rotatable bonds is 1. The van der Waals surface area contributed by atoms with Crippen molar-refractivity contribution in [2.24, 2.45) is 0 Å². The zero-order valence-corrected chi connectivity index (χ0v) is 11.7. The third kappa shape index (κ3) is 2.37. The van der Waals surface area contributed by atoms with E-state index in [4.69, 9.17) is 0 Å². The third-order valence-electron chi connectivity index (χ3n) is 3.93. The SMILES string of the molecule is CC1CCc2ccccc2N1C(=O)c1cc(F)ccc1O. The number of aryl methyl sites for hydroxylation is 1. The first kappa shape index (κ1) is 13.6. The van der Waals surface area contributed by atoms with Gasteiger partial charge in [-0.2, -0.15) is 0 Å². The van der Waals surface area contributed by atoms with Crippen molar-refractivity contribution in [3.63, 3.8) is 0 Å². The summed E-state index contributed by atoms with van der Waals surface area (Å²) in [5.41, 5.74) is 1.93. The van der Waals surface area contributed by atoms with Crippen LogP contribution >= 0.6 is 0 Å². The van der Waals surface area contributed by atoms with Crippen LogP contribution in [0, 0.1) is 5.82 Å². The Balaban J connectivity index is 2.07. The molecule has 1 amide bonds. The minimum atomic E-state index is -0.533. The molecule has 1 unspecified atom stereocenters. The molecule has 0 saturated carbocycles. The van der Waals surface area contributed by atoms with E-state index in [1.54, 1.807) is 4.90 Å². The van der Waals surface area contributed by atoms with Crippen molar-refractivity contribution < 1.29 is 14.3 Å². The molecule has 0 aliphatic carbocycles. The first-order chi connectivity index (χ1) is 10.1. The van der Waals surface area contributed by atoms with Crippen LogP contribution in [0.1, 0.15) is 29.3 Å². The number of phenolic OH excluding ortho intramolecular Hbond substituents is 1. The number of carbonyl (C=O) groups excluding carboxylic acids is 1. The third-order valence-corrected chi connectivity index (χ3v) is 3.93. The Morgan fingerprint density at radius 1 is 1.29 bits per heavy atom. The highest BCUT2D eigenvalue weighted by atomic mass is 19.1. The lowest BCUT2D eigenvalue weighted by Gasteiger charge is -2.35. The molecule has 0 fully saturated rings. The van der Waals surface area contributed by atoms with E-state index in [0.29, 0.717) is 0 Å². The van der Waals surface area contributed by atoms with Crippen molar-refractivity contribution in [2.75, 3.05) is 4.90 Å². The number of nitrogens with zero attached hydrogens (tertiary/aromatic N) is 1. The molecule has 21 heavy (non-hydrogen) atoms. The van der Waals surface area contributed by atoms with Crippen molar-refractivity contribution in [3.8, 4) is 5.75 Å². The van der Waals surface area contributed by atoms with Crippen molar-refractivity contribution in [1.82, 2.24) is 0 Å². The molecule has 0 bridgehead atoms. The van der Waals surface area contributed by atoms with Crippen LogP contribution < -0.4 is 4.90 Å². The maximum Gasteiger partial charge on any atom is 0.262 e. The number of aromatic hydroxyl groups is 1. The molecule has 2 aromatic carbocycles. The van der Waals surface area contributed by atoms with Crippen LogP contribution in [0.3, 0.4) is 0 Å². The molecule has 2 aromatic rings. The first-order valence-electron chi connectivity index (χ1n) is 6.98. The Kier molecular flexibility index (Phi) is 3.37. The predicted molar refractivity (Wildman–Crippen MR) is 79.1 cm³/mol. The van der Waals surface area contributed by atoms with Crippen molar-refractivity contribution in [1.29, 1.82) is 0 Å². The van der Waals surface area contributed by atoms with Gasteiger partial charge in [-0.1, -0.05) is 18.2 Å². The number of phenols is 1. The summed E-state index contributed by atoms with van der Waals surface area (Å²) in [6.45, 7) is 1.96. The molecule has 1 atom stereocenters. The summed E-state index contributed by atoms with van der Waals surface area (Å²) < 4.78 is 13.4. The summed E-state index contributed by atoms with van der Waals surface area (Å²) in [4.78, 5) is 14.4. The quantitative estimate of drug-likeness (QED) is 0.871. The van der Waals surface area contributed by atoms with Crippen LogP contribution in [0.4, 0.5) is 10.1 Å². The van der Waals surface area contributed by atoms with Crippen molar-refractivity contribution in [2.45, 2.75) is 25.8 Å². The monoisotopic (exact) mass is 285 g/mol. The number of hydrogen-bond donors (Lipinski definition) is 1. The summed E-state index contributed by atoms with van der Waals surface area (Å²) in [5.74, 6) is -1.10. The van der Waals surface area contributed by atoms with Gasteiger partial charge in [-0.3, -0.25) is 4.79 Å². The largest absolute Gasteiger partial charge is 0.507 e. The number of carbonyl (C=O) groups is 1. The van der Waals surface area contributed by atoms with Gasteiger partial charge in [0.25, 0.3) is 5.91 Å². The summed E-state index contributed by atoms with van der Waals surface area (Å²) >= 11 is 0. The summed E-state index contributed by atoms with van der Waals surface area (Å²) in [6, 6.07) is 11.1. The lowest BCUT2D eigenvalue weighted by molar-refractivity contribution is 0.0972. The Morgan fingerprint density at radius 3 is 2.86 bits per heavy atom. The van der Waals surface area contributed by atoms with Gasteiger partial charge in [0.05, 0.1) is 5.56 Å². The Morgan fingerprint density at radius 2 is 2.05 bits per heavy atom. The molecule has 0 saturated heterocycles. The van der Waals surface area contributed by atoms with Crippen LogP contribution in [-0.4, -0.2) is 17.1 Å². The normalized spacial score (nSPS) is 17.4. The fraction of sp³-hybridized carbons (Fsp3) is 0.235. The minimum absolute atomic E-state index is 0.00134. The molecular formula is C17H16FNO2. The van der Waals surface area contributed by atoms with E-state index in [-0.39, 0.29) is 23.3 Å². The molecule has 3 nitrogen and oxygen atoms in total. The second-order valence-corrected chi connectivity index (χ2v) is 5.35. The molecule has 0 aromatic heterocycles. The molecular weight excluding hydrogens is 269 g/mol. The Labute approximate surface area is 122 Å². The number of fused-ring (bicyclic) bond motifs is 1. The highest BCUT2D eigenvalue weighted by Gasteiger charge is 2.30. The molecule has 1 heterocycles. The van der Waals surface area contributed by atoms with Gasteiger partial charge in [0, 0.05) is 11.7 Å². The van der Waals surface area contributed by atoms with Crippen LogP contribution in [0.5, 0.6) is 5.75 Å². The van der Waals surface area contributed by atoms with Crippen molar-refractivity contribution >= 4 is 11.6 Å². The van der Waals surface area contributed by atoms with E-state index in [1.807, 2.05) is 31.2 Å². The van der Waals surface area contributed by atoms with Gasteiger partial charge in [0.15, 0.2) is 0 Å². The van der Waals surface area contributed by atoms with E-state index in [9.17, 15) is 14.3 Å². The van der Waals surface area contributed by atoms with E-state index >= 15 is 0 Å². The first-order valence-corrected chi connectivity index (χ1v) is 6.98. The van der Waals surface area contributed by atoms with E-state index in [2.05, 4.69) is 0 Å². The van der Waals surface area contributed by atoms with Crippen molar-refractivity contribution in [3.05, 3.63) is 59.4 Å². The van der Waals surface area contributed by atoms with Gasteiger partial charge in [-0.05, 0) is 49.6 Å². The van der Waals surface area contributed by atoms with Gasteiger partial charge in [-0.25, -0.2) is 4.39 Å². The maximum absolute atomic E-state index is 13.4. The van der Waals surface area contributed by atoms with Crippen LogP contribution in [0.15, 0.2) is 42.5 Å². The van der Waals surface area contributed by atoms with Crippen LogP contribution in [-0.2, 0) is 6.42 Å². The van der Waals surface area contributed by atoms with Gasteiger partial charge < -0.3 is 10.0 Å². The van der Waals surface area contributed by atoms with Gasteiger partial charge in [0.2, 0.25) is 0 Å². The average Bonchev–Trinajstić information content (AvgIpc) is 2.49. The fourth-order valence-corrected chi connectivity index (χ4v) is 2.81. The molecule has 0 radical (unpaired) electrons. The highest BCUT2D eigenvalue weighted by molar-refractivity contribution is 6.08. The maximum atomic E-state index is 13.4. The second-order valence-electron chi connectivity index (χ2n) is 5.35. The van der Waals surface area contributed by atoms with E-state index < -0.39 is 5.82 Å². The van der Waals surface area contributed by atoms with Gasteiger partial charge >= 0.3 is 0 Å². The molecule has 4 heteroatoms. The molecule has 0 spiro atoms. The number of benzene rings is 2. The second kappa shape index (κ2) is 5.20. The standard InChI is InChI=1S/C17H16FNO2/c1-11-6-7-12-4-2-3-5-15(12)19(11)17(21)14-10-13(18)8-9-16(14)20/h2-5,8-11,20H,6-7H2,1H3. The zero-order valence-electron chi connectivity index (χ0n) is 11.7.